The number of para-hydroxylation sites is 1. The summed E-state index contributed by atoms with van der Waals surface area (Å²) in [5, 5.41) is 5.12. The van der Waals surface area contributed by atoms with Crippen LogP contribution < -0.4 is 10.2 Å². The van der Waals surface area contributed by atoms with Gasteiger partial charge in [-0.15, -0.1) is 0 Å². The van der Waals surface area contributed by atoms with E-state index in [2.05, 4.69) is 38.1 Å². The summed E-state index contributed by atoms with van der Waals surface area (Å²) in [6.45, 7) is 1.91. The fourth-order valence-corrected chi connectivity index (χ4v) is 4.56. The molecule has 0 spiro atoms. The van der Waals surface area contributed by atoms with E-state index in [1.54, 1.807) is 36.4 Å². The molecule has 0 aliphatic carbocycles. The van der Waals surface area contributed by atoms with Gasteiger partial charge in [0.15, 0.2) is 0 Å². The quantitative estimate of drug-likeness (QED) is 0.0747. The first-order chi connectivity index (χ1) is 18.0. The van der Waals surface area contributed by atoms with Gasteiger partial charge < -0.3 is 9.72 Å². The summed E-state index contributed by atoms with van der Waals surface area (Å²) in [5.41, 5.74) is 7.61. The van der Waals surface area contributed by atoms with Crippen LogP contribution in [0.15, 0.2) is 102 Å². The molecule has 4 aromatic carbocycles. The Bertz CT molecular complexity index is 1640. The Kier molecular flexibility index (Phi) is 7.14. The molecule has 0 saturated heterocycles. The minimum absolute atomic E-state index is 0.345. The molecule has 37 heavy (non-hydrogen) atoms. The molecule has 5 rings (SSSR count). The van der Waals surface area contributed by atoms with E-state index in [4.69, 9.17) is 4.74 Å². The van der Waals surface area contributed by atoms with Crippen molar-refractivity contribution in [1.82, 2.24) is 10.4 Å². The average molecular weight is 599 g/mol. The molecule has 1 heterocycles. The van der Waals surface area contributed by atoms with Gasteiger partial charge in [-0.3, -0.25) is 4.79 Å². The van der Waals surface area contributed by atoms with Crippen molar-refractivity contribution in [1.29, 1.82) is 0 Å². The summed E-state index contributed by atoms with van der Waals surface area (Å²) in [6.07, 6.45) is 1.46. The minimum atomic E-state index is -0.464. The Balaban J connectivity index is 1.39. The lowest BCUT2D eigenvalue weighted by atomic mass is 10.0. The molecule has 182 valence electrons. The Morgan fingerprint density at radius 1 is 0.919 bits per heavy atom. The maximum Gasteiger partial charge on any atom is 0.343 e. The van der Waals surface area contributed by atoms with Crippen molar-refractivity contribution in [3.63, 3.8) is 0 Å². The fourth-order valence-electron chi connectivity index (χ4n) is 4.07. The molecule has 0 saturated carbocycles. The van der Waals surface area contributed by atoms with E-state index in [0.29, 0.717) is 22.6 Å². The number of hydrazone groups is 1. The Morgan fingerprint density at radius 3 is 2.51 bits per heavy atom. The highest BCUT2D eigenvalue weighted by molar-refractivity contribution is 14.1. The number of hydrogen-bond acceptors (Lipinski definition) is 4. The van der Waals surface area contributed by atoms with Crippen LogP contribution in [-0.2, 0) is 0 Å². The third kappa shape index (κ3) is 5.46. The topological polar surface area (TPSA) is 83.5 Å². The predicted molar refractivity (Wildman–Crippen MR) is 154 cm³/mol. The summed E-state index contributed by atoms with van der Waals surface area (Å²) in [4.78, 5) is 29.1. The lowest BCUT2D eigenvalue weighted by Crippen LogP contribution is -2.19. The molecule has 1 aromatic heterocycles. The number of H-pyrrole nitrogens is 1. The van der Waals surface area contributed by atoms with Crippen LogP contribution in [0, 0.1) is 10.5 Å². The van der Waals surface area contributed by atoms with Gasteiger partial charge in [-0.2, -0.15) is 5.10 Å². The molecule has 0 fully saturated rings. The Morgan fingerprint density at radius 2 is 1.70 bits per heavy atom. The summed E-state index contributed by atoms with van der Waals surface area (Å²) in [6, 6.07) is 30.0. The third-order valence-electron chi connectivity index (χ3n) is 5.80. The Hall–Kier alpha value is -4.24. The summed E-state index contributed by atoms with van der Waals surface area (Å²) >= 11 is 2.26. The van der Waals surface area contributed by atoms with Gasteiger partial charge in [0.1, 0.15) is 11.4 Å². The zero-order valence-electron chi connectivity index (χ0n) is 19.9. The number of aromatic amines is 1. The first-order valence-electron chi connectivity index (χ1n) is 11.6. The monoisotopic (exact) mass is 599 g/mol. The number of amides is 1. The van der Waals surface area contributed by atoms with Gasteiger partial charge in [0, 0.05) is 25.6 Å². The molecule has 0 radical (unpaired) electrons. The van der Waals surface area contributed by atoms with E-state index in [9.17, 15) is 9.59 Å². The number of carbonyl (C=O) groups is 2. The van der Waals surface area contributed by atoms with Crippen molar-refractivity contribution < 1.29 is 14.3 Å². The molecular formula is C30H22IN3O3. The standard InChI is InChI=1S/C30H22IN3O3/c1-19-8-7-12-21(16-19)30(36)37-26-13-6-5-11-22(26)18-32-34-29(35)28-27(20-9-3-2-4-10-20)24-17-23(31)14-15-25(24)33-28/h2-18,33H,1H3,(H,34,35). The van der Waals surface area contributed by atoms with E-state index in [1.165, 1.54) is 6.21 Å². The van der Waals surface area contributed by atoms with Crippen LogP contribution in [0.2, 0.25) is 0 Å². The van der Waals surface area contributed by atoms with Gasteiger partial charge in [-0.05, 0) is 77.5 Å². The van der Waals surface area contributed by atoms with Crippen LogP contribution in [-0.4, -0.2) is 23.1 Å². The van der Waals surface area contributed by atoms with Crippen molar-refractivity contribution in [2.45, 2.75) is 6.92 Å². The van der Waals surface area contributed by atoms with Crippen molar-refractivity contribution >= 4 is 51.6 Å². The summed E-state index contributed by atoms with van der Waals surface area (Å²) in [5.74, 6) is -0.499. The van der Waals surface area contributed by atoms with E-state index < -0.39 is 5.97 Å². The highest BCUT2D eigenvalue weighted by Gasteiger charge is 2.19. The van der Waals surface area contributed by atoms with Gasteiger partial charge in [0.25, 0.3) is 5.91 Å². The normalized spacial score (nSPS) is 11.1. The highest BCUT2D eigenvalue weighted by Crippen LogP contribution is 2.33. The van der Waals surface area contributed by atoms with Gasteiger partial charge in [0.2, 0.25) is 0 Å². The zero-order chi connectivity index (χ0) is 25.8. The first kappa shape index (κ1) is 24.5. The van der Waals surface area contributed by atoms with Crippen LogP contribution >= 0.6 is 22.6 Å². The molecule has 0 aliphatic heterocycles. The molecule has 2 N–H and O–H groups in total. The van der Waals surface area contributed by atoms with Crippen LogP contribution in [0.25, 0.3) is 22.0 Å². The van der Waals surface area contributed by atoms with E-state index in [1.807, 2.05) is 67.6 Å². The predicted octanol–water partition coefficient (Wildman–Crippen LogP) is 6.73. The number of carbonyl (C=O) groups excluding carboxylic acids is 2. The second kappa shape index (κ2) is 10.8. The van der Waals surface area contributed by atoms with Crippen LogP contribution in [0.4, 0.5) is 0 Å². The number of aryl methyl sites for hydroxylation is 1. The molecule has 0 atom stereocenters. The molecule has 5 aromatic rings. The number of rotatable bonds is 6. The number of esters is 1. The van der Waals surface area contributed by atoms with Crippen molar-refractivity contribution in [3.05, 3.63) is 123 Å². The highest BCUT2D eigenvalue weighted by atomic mass is 127. The van der Waals surface area contributed by atoms with Gasteiger partial charge in [0.05, 0.1) is 11.8 Å². The number of fused-ring (bicyclic) bond motifs is 1. The largest absolute Gasteiger partial charge is 0.422 e. The SMILES string of the molecule is Cc1cccc(C(=O)Oc2ccccc2C=NNC(=O)c2[nH]c3ccc(I)cc3c2-c2ccccc2)c1. The Labute approximate surface area is 227 Å². The maximum atomic E-state index is 13.2. The lowest BCUT2D eigenvalue weighted by molar-refractivity contribution is 0.0734. The van der Waals surface area contributed by atoms with Gasteiger partial charge in [-0.25, -0.2) is 10.2 Å². The molecule has 1 amide bonds. The number of benzene rings is 4. The lowest BCUT2D eigenvalue weighted by Gasteiger charge is -2.08. The number of ether oxygens (including phenoxy) is 1. The second-order valence-corrected chi connectivity index (χ2v) is 9.67. The molecule has 7 heteroatoms. The minimum Gasteiger partial charge on any atom is -0.422 e. The molecule has 6 nitrogen and oxygen atoms in total. The van der Waals surface area contributed by atoms with Gasteiger partial charge >= 0.3 is 5.97 Å². The fraction of sp³-hybridized carbons (Fsp3) is 0.0333. The number of nitrogens with one attached hydrogen (secondary N) is 2. The number of aromatic nitrogens is 1. The first-order valence-corrected chi connectivity index (χ1v) is 12.7. The molecule has 0 bridgehead atoms. The number of nitrogens with zero attached hydrogens (tertiary/aromatic N) is 1. The van der Waals surface area contributed by atoms with Crippen LogP contribution in [0.5, 0.6) is 5.75 Å². The average Bonchev–Trinajstić information content (AvgIpc) is 3.29. The molecule has 0 aliphatic rings. The second-order valence-electron chi connectivity index (χ2n) is 8.43. The van der Waals surface area contributed by atoms with E-state index in [-0.39, 0.29) is 5.91 Å². The number of hydrogen-bond donors (Lipinski definition) is 2. The third-order valence-corrected chi connectivity index (χ3v) is 6.47. The van der Waals surface area contributed by atoms with Crippen LogP contribution in [0.1, 0.15) is 32.0 Å². The van der Waals surface area contributed by atoms with Crippen molar-refractivity contribution in [3.8, 4) is 16.9 Å². The number of halogens is 1. The summed E-state index contributed by atoms with van der Waals surface area (Å²) < 4.78 is 6.68. The smallest absolute Gasteiger partial charge is 0.343 e. The molecular weight excluding hydrogens is 577 g/mol. The van der Waals surface area contributed by atoms with E-state index in [0.717, 1.165) is 31.2 Å². The van der Waals surface area contributed by atoms with Crippen molar-refractivity contribution in [2.24, 2.45) is 5.10 Å². The van der Waals surface area contributed by atoms with Crippen molar-refractivity contribution in [2.75, 3.05) is 0 Å². The zero-order valence-corrected chi connectivity index (χ0v) is 22.0. The van der Waals surface area contributed by atoms with Crippen LogP contribution in [0.3, 0.4) is 0 Å². The van der Waals surface area contributed by atoms with E-state index >= 15 is 0 Å². The molecule has 0 unspecified atom stereocenters. The van der Waals surface area contributed by atoms with Gasteiger partial charge in [-0.1, -0.05) is 60.2 Å². The maximum absolute atomic E-state index is 13.2. The summed E-state index contributed by atoms with van der Waals surface area (Å²) in [7, 11) is 0.